The molecule has 178 valence electrons. The number of methoxy groups -OCH3 is 1. The molecule has 33 heavy (non-hydrogen) atoms. The second kappa shape index (κ2) is 12.1. The van der Waals surface area contributed by atoms with Crippen molar-refractivity contribution in [3.05, 3.63) is 60.0 Å². The van der Waals surface area contributed by atoms with Crippen LogP contribution in [-0.2, 0) is 19.1 Å². The zero-order chi connectivity index (χ0) is 24.4. The highest BCUT2D eigenvalue weighted by Crippen LogP contribution is 2.24. The molecule has 1 heterocycles. The maximum atomic E-state index is 13.5. The highest BCUT2D eigenvalue weighted by atomic mass is 19.1. The zero-order valence-corrected chi connectivity index (χ0v) is 19.4. The van der Waals surface area contributed by atoms with Crippen molar-refractivity contribution in [3.63, 3.8) is 0 Å². The number of amides is 3. The molecule has 0 fully saturated rings. The topological polar surface area (TPSA) is 101 Å². The van der Waals surface area contributed by atoms with Crippen molar-refractivity contribution in [2.24, 2.45) is 0 Å². The maximum absolute atomic E-state index is 13.5. The molecular weight excluding hydrogens is 427 g/mol. The van der Waals surface area contributed by atoms with Gasteiger partial charge < -0.3 is 20.3 Å². The molecule has 9 heteroatoms. The Morgan fingerprint density at radius 1 is 1.09 bits per heavy atom. The van der Waals surface area contributed by atoms with E-state index in [1.54, 1.807) is 24.4 Å². The number of hydrogen-bond acceptors (Lipinski definition) is 5. The fourth-order valence-corrected chi connectivity index (χ4v) is 3.15. The number of carbonyl (C=O) groups is 3. The molecule has 1 aromatic carbocycles. The summed E-state index contributed by atoms with van der Waals surface area (Å²) in [5.41, 5.74) is -0.0889. The molecule has 0 spiro atoms. The van der Waals surface area contributed by atoms with Crippen molar-refractivity contribution in [2.75, 3.05) is 25.6 Å². The number of halogens is 1. The molecule has 0 unspecified atom stereocenters. The third-order valence-corrected chi connectivity index (χ3v) is 4.60. The smallest absolute Gasteiger partial charge is 0.247 e. The SMILES string of the molecule is COCCN(C(=O)CCC(=O)Nc1ccccn1)[C@@H](C(=O)NC(C)(C)C)c1ccc(F)cc1. The average molecular weight is 459 g/mol. The van der Waals surface area contributed by atoms with Gasteiger partial charge in [0.15, 0.2) is 0 Å². The lowest BCUT2D eigenvalue weighted by Gasteiger charge is -2.33. The largest absolute Gasteiger partial charge is 0.383 e. The second-order valence-corrected chi connectivity index (χ2v) is 8.54. The lowest BCUT2D eigenvalue weighted by atomic mass is 10.0. The van der Waals surface area contributed by atoms with Crippen molar-refractivity contribution in [1.29, 1.82) is 0 Å². The monoisotopic (exact) mass is 458 g/mol. The van der Waals surface area contributed by atoms with Crippen LogP contribution < -0.4 is 10.6 Å². The number of carbonyl (C=O) groups excluding carboxylic acids is 3. The van der Waals surface area contributed by atoms with E-state index >= 15 is 0 Å². The summed E-state index contributed by atoms with van der Waals surface area (Å²) in [4.78, 5) is 44.1. The number of rotatable bonds is 10. The fraction of sp³-hybridized carbons (Fsp3) is 0.417. The molecule has 0 saturated carbocycles. The van der Waals surface area contributed by atoms with Gasteiger partial charge in [0.2, 0.25) is 17.7 Å². The van der Waals surface area contributed by atoms with E-state index in [1.807, 2.05) is 20.8 Å². The Kier molecular flexibility index (Phi) is 9.47. The normalized spacial score (nSPS) is 12.0. The van der Waals surface area contributed by atoms with Crippen LogP contribution in [0, 0.1) is 5.82 Å². The van der Waals surface area contributed by atoms with E-state index in [2.05, 4.69) is 15.6 Å². The minimum Gasteiger partial charge on any atom is -0.383 e. The van der Waals surface area contributed by atoms with Crippen LogP contribution in [0.5, 0.6) is 0 Å². The van der Waals surface area contributed by atoms with E-state index in [-0.39, 0.29) is 31.9 Å². The van der Waals surface area contributed by atoms with E-state index in [1.165, 1.54) is 36.3 Å². The Balaban J connectivity index is 2.23. The van der Waals surface area contributed by atoms with Crippen LogP contribution in [0.1, 0.15) is 45.2 Å². The molecule has 0 aliphatic carbocycles. The first-order valence-corrected chi connectivity index (χ1v) is 10.7. The number of nitrogens with one attached hydrogen (secondary N) is 2. The van der Waals surface area contributed by atoms with Crippen LogP contribution >= 0.6 is 0 Å². The van der Waals surface area contributed by atoms with Gasteiger partial charge in [-0.25, -0.2) is 9.37 Å². The van der Waals surface area contributed by atoms with Crippen molar-refractivity contribution >= 4 is 23.5 Å². The highest BCUT2D eigenvalue weighted by Gasteiger charge is 2.33. The van der Waals surface area contributed by atoms with Gasteiger partial charge in [0, 0.05) is 38.2 Å². The van der Waals surface area contributed by atoms with Crippen LogP contribution in [0.3, 0.4) is 0 Å². The Hall–Kier alpha value is -3.33. The summed E-state index contributed by atoms with van der Waals surface area (Å²) in [5.74, 6) is -1.24. The molecule has 1 atom stereocenters. The molecule has 0 bridgehead atoms. The number of anilines is 1. The minimum atomic E-state index is -1.01. The van der Waals surface area contributed by atoms with Crippen LogP contribution in [0.4, 0.5) is 10.2 Å². The van der Waals surface area contributed by atoms with Crippen molar-refractivity contribution in [2.45, 2.75) is 45.2 Å². The van der Waals surface area contributed by atoms with Crippen LogP contribution in [0.2, 0.25) is 0 Å². The van der Waals surface area contributed by atoms with E-state index < -0.39 is 29.2 Å². The average Bonchev–Trinajstić information content (AvgIpc) is 2.75. The molecule has 0 radical (unpaired) electrons. The van der Waals surface area contributed by atoms with Crippen molar-refractivity contribution < 1.29 is 23.5 Å². The first-order chi connectivity index (χ1) is 15.6. The summed E-state index contributed by atoms with van der Waals surface area (Å²) in [6, 6.07) is 9.54. The number of pyridine rings is 1. The lowest BCUT2D eigenvalue weighted by molar-refractivity contribution is -0.142. The summed E-state index contributed by atoms with van der Waals surface area (Å²) in [6.07, 6.45) is 1.34. The van der Waals surface area contributed by atoms with Gasteiger partial charge >= 0.3 is 0 Å². The second-order valence-electron chi connectivity index (χ2n) is 8.54. The van der Waals surface area contributed by atoms with Crippen molar-refractivity contribution in [1.82, 2.24) is 15.2 Å². The maximum Gasteiger partial charge on any atom is 0.247 e. The number of aromatic nitrogens is 1. The molecule has 0 aliphatic rings. The van der Waals surface area contributed by atoms with E-state index in [0.29, 0.717) is 11.4 Å². The molecule has 2 rings (SSSR count). The van der Waals surface area contributed by atoms with E-state index in [9.17, 15) is 18.8 Å². The summed E-state index contributed by atoms with van der Waals surface area (Å²) in [6.45, 7) is 5.80. The molecule has 2 aromatic rings. The van der Waals surface area contributed by atoms with Gasteiger partial charge in [-0.15, -0.1) is 0 Å². The van der Waals surface area contributed by atoms with Gasteiger partial charge in [-0.1, -0.05) is 18.2 Å². The van der Waals surface area contributed by atoms with Crippen molar-refractivity contribution in [3.8, 4) is 0 Å². The van der Waals surface area contributed by atoms with Crippen LogP contribution in [0.15, 0.2) is 48.7 Å². The van der Waals surface area contributed by atoms with Gasteiger partial charge in [-0.05, 0) is 50.6 Å². The lowest BCUT2D eigenvalue weighted by Crippen LogP contribution is -2.50. The van der Waals surface area contributed by atoms with Gasteiger partial charge in [0.05, 0.1) is 6.61 Å². The van der Waals surface area contributed by atoms with E-state index in [0.717, 1.165) is 0 Å². The first kappa shape index (κ1) is 25.9. The molecule has 3 amide bonds. The molecular formula is C24H31FN4O4. The first-order valence-electron chi connectivity index (χ1n) is 10.7. The summed E-state index contributed by atoms with van der Waals surface area (Å²) in [5, 5.41) is 5.52. The van der Waals surface area contributed by atoms with Gasteiger partial charge in [-0.2, -0.15) is 0 Å². The third kappa shape index (κ3) is 8.61. The molecule has 8 nitrogen and oxygen atoms in total. The summed E-state index contributed by atoms with van der Waals surface area (Å²) in [7, 11) is 1.49. The molecule has 1 aromatic heterocycles. The van der Waals surface area contributed by atoms with E-state index in [4.69, 9.17) is 4.74 Å². The number of hydrogen-bond donors (Lipinski definition) is 2. The highest BCUT2D eigenvalue weighted by molar-refractivity contribution is 5.94. The fourth-order valence-electron chi connectivity index (χ4n) is 3.15. The molecule has 0 saturated heterocycles. The predicted molar refractivity (Wildman–Crippen MR) is 123 cm³/mol. The van der Waals surface area contributed by atoms with Crippen LogP contribution in [0.25, 0.3) is 0 Å². The summed E-state index contributed by atoms with van der Waals surface area (Å²) < 4.78 is 18.7. The Labute approximate surface area is 193 Å². The Morgan fingerprint density at radius 3 is 2.36 bits per heavy atom. The standard InChI is InChI=1S/C24H31FN4O4/c1-24(2,3)28-23(32)22(17-8-10-18(25)11-9-17)29(15-16-33-4)21(31)13-12-20(30)27-19-7-5-6-14-26-19/h5-11,14,22H,12-13,15-16H2,1-4H3,(H,28,32)(H,26,27,30)/t22-/m1/s1. The predicted octanol–water partition coefficient (Wildman–Crippen LogP) is 3.07. The quantitative estimate of drug-likeness (QED) is 0.570. The third-order valence-electron chi connectivity index (χ3n) is 4.60. The number of benzene rings is 1. The van der Waals surface area contributed by atoms with Gasteiger partial charge in [0.1, 0.15) is 17.7 Å². The Morgan fingerprint density at radius 2 is 1.79 bits per heavy atom. The molecule has 0 aliphatic heterocycles. The number of nitrogens with zero attached hydrogens (tertiary/aromatic N) is 2. The van der Waals surface area contributed by atoms with Crippen LogP contribution in [-0.4, -0.2) is 53.4 Å². The number of ether oxygens (including phenoxy) is 1. The Bertz CT molecular complexity index is 930. The zero-order valence-electron chi connectivity index (χ0n) is 19.4. The minimum absolute atomic E-state index is 0.0874. The summed E-state index contributed by atoms with van der Waals surface area (Å²) >= 11 is 0. The van der Waals surface area contributed by atoms with Gasteiger partial charge in [-0.3, -0.25) is 14.4 Å². The molecule has 2 N–H and O–H groups in total. The van der Waals surface area contributed by atoms with Gasteiger partial charge in [0.25, 0.3) is 0 Å².